The Kier molecular flexibility index (Phi) is 2.11. The molecule has 1 heterocycles. The summed E-state index contributed by atoms with van der Waals surface area (Å²) in [6.45, 7) is 4.18. The second-order valence-electron chi connectivity index (χ2n) is 3.28. The lowest BCUT2D eigenvalue weighted by molar-refractivity contribution is -0.844. The summed E-state index contributed by atoms with van der Waals surface area (Å²) in [5.41, 5.74) is -0.0469. The predicted molar refractivity (Wildman–Crippen MR) is 41.4 cm³/mol. The molecule has 0 spiro atoms. The Bertz CT molecular complexity index is 144. The van der Waals surface area contributed by atoms with Crippen molar-refractivity contribution in [2.45, 2.75) is 38.6 Å². The molecule has 0 aromatic carbocycles. The molecule has 1 N–H and O–H groups in total. The van der Waals surface area contributed by atoms with Crippen molar-refractivity contribution in [1.29, 1.82) is 0 Å². The smallest absolute Gasteiger partial charge is 0.102 e. The van der Waals surface area contributed by atoms with E-state index in [9.17, 15) is 5.21 Å². The Morgan fingerprint density at radius 1 is 1.70 bits per heavy atom. The zero-order chi connectivity index (χ0) is 7.61. The highest BCUT2D eigenvalue weighted by atomic mass is 16.5. The summed E-state index contributed by atoms with van der Waals surface area (Å²) in [6, 6.07) is 0. The van der Waals surface area contributed by atoms with E-state index in [0.717, 1.165) is 19.3 Å². The Hall–Kier alpha value is -0.340. The monoisotopic (exact) mass is 141 g/mol. The molecule has 2 atom stereocenters. The van der Waals surface area contributed by atoms with Crippen molar-refractivity contribution in [3.8, 4) is 0 Å². The van der Waals surface area contributed by atoms with Crippen LogP contribution < -0.4 is 5.06 Å². The fourth-order valence-electron chi connectivity index (χ4n) is 1.50. The summed E-state index contributed by atoms with van der Waals surface area (Å²) in [5.74, 6) is 0. The van der Waals surface area contributed by atoms with Crippen LogP contribution in [0.5, 0.6) is 0 Å². The van der Waals surface area contributed by atoms with Crippen LogP contribution in [0.25, 0.3) is 0 Å². The first-order valence-electron chi connectivity index (χ1n) is 3.90. The number of hydrogen-bond donors (Lipinski definition) is 1. The highest BCUT2D eigenvalue weighted by molar-refractivity contribution is 4.92. The van der Waals surface area contributed by atoms with Gasteiger partial charge in [0.1, 0.15) is 5.54 Å². The van der Waals surface area contributed by atoms with E-state index in [1.807, 2.05) is 6.08 Å². The van der Waals surface area contributed by atoms with E-state index < -0.39 is 0 Å². The summed E-state index contributed by atoms with van der Waals surface area (Å²) in [6.07, 6.45) is 6.77. The van der Waals surface area contributed by atoms with Crippen molar-refractivity contribution in [2.24, 2.45) is 0 Å². The van der Waals surface area contributed by atoms with Gasteiger partial charge < -0.3 is 10.3 Å². The third kappa shape index (κ3) is 1.22. The summed E-state index contributed by atoms with van der Waals surface area (Å²) in [5, 5.41) is 11.5. The largest absolute Gasteiger partial charge is 0.629 e. The molecule has 0 fully saturated rings. The maximum absolute atomic E-state index is 11.2. The molecule has 0 aromatic rings. The zero-order valence-electron chi connectivity index (χ0n) is 6.68. The quantitative estimate of drug-likeness (QED) is 0.567. The van der Waals surface area contributed by atoms with Crippen molar-refractivity contribution in [2.75, 3.05) is 0 Å². The van der Waals surface area contributed by atoms with E-state index in [2.05, 4.69) is 13.8 Å². The van der Waals surface area contributed by atoms with Crippen molar-refractivity contribution < 1.29 is 5.06 Å². The lowest BCUT2D eigenvalue weighted by atomic mass is 9.94. The number of quaternary nitrogens is 1. The zero-order valence-corrected chi connectivity index (χ0v) is 6.68. The maximum Gasteiger partial charge on any atom is 0.102 e. The Morgan fingerprint density at radius 3 is 2.80 bits per heavy atom. The first-order valence-corrected chi connectivity index (χ1v) is 3.90. The molecule has 10 heavy (non-hydrogen) atoms. The molecule has 2 heteroatoms. The average molecular weight is 141 g/mol. The third-order valence-corrected chi connectivity index (χ3v) is 2.23. The van der Waals surface area contributed by atoms with Crippen LogP contribution in [-0.4, -0.2) is 5.54 Å². The van der Waals surface area contributed by atoms with E-state index in [-0.39, 0.29) is 5.54 Å². The van der Waals surface area contributed by atoms with Gasteiger partial charge in [-0.25, -0.2) is 0 Å². The standard InChI is InChI=1S/C8H15NO/c1-3-5-8(2)6-4-7-9(8)10/h4,7,9H,3,5-6H2,1-2H3. The van der Waals surface area contributed by atoms with Crippen LogP contribution in [0.15, 0.2) is 12.3 Å². The van der Waals surface area contributed by atoms with Gasteiger partial charge in [0.05, 0.1) is 6.20 Å². The first-order chi connectivity index (χ1) is 4.69. The van der Waals surface area contributed by atoms with Crippen LogP contribution in [0.4, 0.5) is 0 Å². The predicted octanol–water partition coefficient (Wildman–Crippen LogP) is 0.845. The molecule has 0 aromatic heterocycles. The molecule has 0 saturated heterocycles. The molecular formula is C8H15NO. The van der Waals surface area contributed by atoms with Crippen molar-refractivity contribution in [3.05, 3.63) is 17.5 Å². The van der Waals surface area contributed by atoms with E-state index in [1.165, 1.54) is 0 Å². The molecule has 1 rings (SSSR count). The van der Waals surface area contributed by atoms with Crippen LogP contribution in [0, 0.1) is 5.21 Å². The van der Waals surface area contributed by atoms with Gasteiger partial charge in [0, 0.05) is 12.8 Å². The van der Waals surface area contributed by atoms with E-state index >= 15 is 0 Å². The first kappa shape index (κ1) is 7.76. The third-order valence-electron chi connectivity index (χ3n) is 2.23. The minimum atomic E-state index is -0.0469. The molecule has 2 nitrogen and oxygen atoms in total. The summed E-state index contributed by atoms with van der Waals surface area (Å²) in [7, 11) is 0. The number of nitrogens with one attached hydrogen (secondary N) is 1. The SMILES string of the molecule is CCCC1(C)CC=C[NH+]1[O-]. The van der Waals surface area contributed by atoms with Crippen LogP contribution >= 0.6 is 0 Å². The summed E-state index contributed by atoms with van der Waals surface area (Å²) >= 11 is 0. The molecule has 0 aliphatic carbocycles. The van der Waals surface area contributed by atoms with Gasteiger partial charge in [-0.1, -0.05) is 13.3 Å². The second kappa shape index (κ2) is 2.72. The molecule has 58 valence electrons. The lowest BCUT2D eigenvalue weighted by Crippen LogP contribution is -3.10. The Balaban J connectivity index is 2.52. The van der Waals surface area contributed by atoms with E-state index in [1.54, 1.807) is 6.20 Å². The van der Waals surface area contributed by atoms with Crippen molar-refractivity contribution >= 4 is 0 Å². The molecule has 0 saturated carbocycles. The topological polar surface area (TPSA) is 27.5 Å². The number of hydroxylamine groups is 2. The van der Waals surface area contributed by atoms with Gasteiger partial charge >= 0.3 is 0 Å². The van der Waals surface area contributed by atoms with E-state index in [4.69, 9.17) is 0 Å². The van der Waals surface area contributed by atoms with Crippen LogP contribution in [0.2, 0.25) is 0 Å². The second-order valence-corrected chi connectivity index (χ2v) is 3.28. The molecule has 0 radical (unpaired) electrons. The van der Waals surface area contributed by atoms with Crippen LogP contribution in [0.1, 0.15) is 33.1 Å². The molecule has 0 bridgehead atoms. The Labute approximate surface area is 62.1 Å². The summed E-state index contributed by atoms with van der Waals surface area (Å²) in [4.78, 5) is 0. The fraction of sp³-hybridized carbons (Fsp3) is 0.750. The fourth-order valence-corrected chi connectivity index (χ4v) is 1.50. The number of rotatable bonds is 2. The molecule has 1 aliphatic heterocycles. The molecule has 2 unspecified atom stereocenters. The van der Waals surface area contributed by atoms with Gasteiger partial charge in [0.2, 0.25) is 0 Å². The molecule has 0 amide bonds. The molecule has 1 aliphatic rings. The van der Waals surface area contributed by atoms with Gasteiger partial charge in [0.15, 0.2) is 0 Å². The van der Waals surface area contributed by atoms with Gasteiger partial charge in [-0.2, -0.15) is 0 Å². The summed E-state index contributed by atoms with van der Waals surface area (Å²) < 4.78 is 0. The average Bonchev–Trinajstić information content (AvgIpc) is 2.15. The maximum atomic E-state index is 11.2. The highest BCUT2D eigenvalue weighted by Gasteiger charge is 2.31. The van der Waals surface area contributed by atoms with Gasteiger partial charge in [-0.05, 0) is 13.0 Å². The van der Waals surface area contributed by atoms with Gasteiger partial charge in [-0.3, -0.25) is 0 Å². The minimum absolute atomic E-state index is 0.0469. The van der Waals surface area contributed by atoms with Crippen LogP contribution in [0.3, 0.4) is 0 Å². The van der Waals surface area contributed by atoms with Crippen molar-refractivity contribution in [3.63, 3.8) is 0 Å². The highest BCUT2D eigenvalue weighted by Crippen LogP contribution is 2.16. The molecular weight excluding hydrogens is 126 g/mol. The van der Waals surface area contributed by atoms with Gasteiger partial charge in [0.25, 0.3) is 0 Å². The van der Waals surface area contributed by atoms with Gasteiger partial charge in [-0.15, -0.1) is 0 Å². The minimum Gasteiger partial charge on any atom is -0.629 e. The lowest BCUT2D eigenvalue weighted by Gasteiger charge is -2.33. The van der Waals surface area contributed by atoms with Crippen molar-refractivity contribution in [1.82, 2.24) is 0 Å². The van der Waals surface area contributed by atoms with E-state index in [0.29, 0.717) is 5.06 Å². The normalized spacial score (nSPS) is 38.9. The van der Waals surface area contributed by atoms with Crippen LogP contribution in [-0.2, 0) is 0 Å². The number of hydrogen-bond acceptors (Lipinski definition) is 1. The Morgan fingerprint density at radius 2 is 2.40 bits per heavy atom.